The number of ether oxygens (including phenoxy) is 1. The number of nitrogens with one attached hydrogen (secondary N) is 3. The summed E-state index contributed by atoms with van der Waals surface area (Å²) in [7, 11) is 10.1. The van der Waals surface area contributed by atoms with Crippen LogP contribution in [-0.4, -0.2) is 270 Å². The minimum absolute atomic E-state index is 0.00297. The number of likely N-dealkylation sites (N-methyl/N-ethyl adjacent to an activating group) is 7. The zero-order valence-corrected chi connectivity index (χ0v) is 62.7. The Morgan fingerprint density at radius 1 is 0.569 bits per heavy atom. The van der Waals surface area contributed by atoms with Gasteiger partial charge in [-0.1, -0.05) is 98.3 Å². The van der Waals surface area contributed by atoms with Crippen LogP contribution >= 0.6 is 0 Å². The fourth-order valence-corrected chi connectivity index (χ4v) is 17.6. The number of alkyl halides is 3. The van der Waals surface area contributed by atoms with Gasteiger partial charge in [0.2, 0.25) is 70.9 Å². The Labute approximate surface area is 601 Å². The zero-order valence-electron chi connectivity index (χ0n) is 62.7. The van der Waals surface area contributed by atoms with E-state index in [0.717, 1.165) is 56.3 Å². The number of halogens is 3. The monoisotopic (exact) mass is 1440 g/mol. The van der Waals surface area contributed by atoms with Gasteiger partial charge in [-0.15, -0.1) is 0 Å². The van der Waals surface area contributed by atoms with Gasteiger partial charge in [-0.2, -0.15) is 13.2 Å². The smallest absolute Gasteiger partial charge is 0.377 e. The van der Waals surface area contributed by atoms with Crippen LogP contribution in [0.4, 0.5) is 13.2 Å². The highest BCUT2D eigenvalue weighted by atomic mass is 19.4. The molecule has 4 aliphatic heterocycles. The second kappa shape index (κ2) is 35.9. The van der Waals surface area contributed by atoms with E-state index >= 15 is 28.8 Å². The predicted octanol–water partition coefficient (Wildman–Crippen LogP) is 5.64. The van der Waals surface area contributed by atoms with Crippen LogP contribution in [0.1, 0.15) is 207 Å². The van der Waals surface area contributed by atoms with Gasteiger partial charge in [0.25, 0.3) is 0 Å². The second-order valence-corrected chi connectivity index (χ2v) is 31.9. The molecular weight excluding hydrogens is 1320 g/mol. The van der Waals surface area contributed by atoms with Gasteiger partial charge < -0.3 is 64.8 Å². The summed E-state index contributed by atoms with van der Waals surface area (Å²) in [5.41, 5.74) is -1.55. The molecule has 4 heterocycles. The lowest BCUT2D eigenvalue weighted by Crippen LogP contribution is -2.65. The first-order chi connectivity index (χ1) is 48.3. The Hall–Kier alpha value is -6.61. The lowest BCUT2D eigenvalue weighted by molar-refractivity contribution is -0.184. The Kier molecular flexibility index (Phi) is 28.5. The molecule has 8 rings (SSSR count). The molecule has 12 amide bonds. The quantitative estimate of drug-likeness (QED) is 0.226. The van der Waals surface area contributed by atoms with Crippen molar-refractivity contribution in [2.24, 2.45) is 35.5 Å². The van der Waals surface area contributed by atoms with Crippen molar-refractivity contribution >= 4 is 70.9 Å². The Morgan fingerprint density at radius 3 is 1.75 bits per heavy atom. The van der Waals surface area contributed by atoms with Crippen LogP contribution < -0.4 is 16.0 Å². The van der Waals surface area contributed by atoms with Crippen LogP contribution in [0.5, 0.6) is 0 Å². The van der Waals surface area contributed by atoms with Crippen molar-refractivity contribution in [3.05, 3.63) is 0 Å². The van der Waals surface area contributed by atoms with Crippen LogP contribution in [-0.2, 0) is 62.3 Å². The standard InChI is InChI=1S/C74H119F3N12O13/c1-12-47(4)63-70(99)83(7)42-61(92)81(5)43-62(93)85(9)57(39-49-22-15-13-16-23-49)68(97)82(6)41-59(90)78-54(34-29-48-27-30-51(31-28-48)74(75,76)77)67(96)88-37-21-26-55(88)66(95)80-73(35-19-20-36-73)72(101)87(11)64(50-24-17-14-18-25-50)71(100)86(10)58(69(98)89-52-32-33-53(89)45-102-44-52)40-60(91)84(8)56(38-46(2)3)65(94)79-63/h46-58,63-64H,12-45H2,1-11H3,(H,78,90)(H,79,94)(H,80,95)/t47-,48?,51?,52?,53?,54-,55-,56-,57-,58-,63-,64-/m0/s1. The summed E-state index contributed by atoms with van der Waals surface area (Å²) >= 11 is 0. The number of carbonyl (C=O) groups is 12. The number of rotatable bonds is 11. The summed E-state index contributed by atoms with van der Waals surface area (Å²) in [6, 6.07) is -9.18. The third-order valence-electron chi connectivity index (χ3n) is 24.3. The molecule has 2 bridgehead atoms. The van der Waals surface area contributed by atoms with E-state index in [0.29, 0.717) is 51.4 Å². The van der Waals surface area contributed by atoms with Crippen molar-refractivity contribution in [1.82, 2.24) is 60.0 Å². The van der Waals surface area contributed by atoms with Crippen LogP contribution in [0.2, 0.25) is 0 Å². The molecule has 10 atom stereocenters. The van der Waals surface area contributed by atoms with E-state index in [2.05, 4.69) is 16.0 Å². The molecule has 4 aliphatic carbocycles. The molecule has 4 saturated carbocycles. The summed E-state index contributed by atoms with van der Waals surface area (Å²) < 4.78 is 47.5. The largest absolute Gasteiger partial charge is 0.391 e. The first-order valence-electron chi connectivity index (χ1n) is 38.2. The van der Waals surface area contributed by atoms with E-state index < -0.39 is 169 Å². The Bertz CT molecular complexity index is 2970. The number of hydrogen-bond acceptors (Lipinski definition) is 13. The number of amides is 12. The maximum atomic E-state index is 16.0. The van der Waals surface area contributed by atoms with E-state index in [-0.39, 0.29) is 120 Å². The topological polar surface area (TPSA) is 279 Å². The van der Waals surface area contributed by atoms with Gasteiger partial charge in [-0.05, 0) is 132 Å². The second-order valence-electron chi connectivity index (χ2n) is 31.9. The van der Waals surface area contributed by atoms with Crippen molar-refractivity contribution in [3.63, 3.8) is 0 Å². The van der Waals surface area contributed by atoms with Crippen molar-refractivity contribution in [2.75, 3.05) is 88.7 Å². The molecular formula is C74H119F3N12O13. The van der Waals surface area contributed by atoms with E-state index in [1.165, 1.54) is 76.6 Å². The van der Waals surface area contributed by atoms with Gasteiger partial charge in [-0.3, -0.25) is 57.5 Å². The average Bonchev–Trinajstić information content (AvgIpc) is 1.42. The van der Waals surface area contributed by atoms with Crippen LogP contribution in [0.25, 0.3) is 0 Å². The third kappa shape index (κ3) is 19.7. The molecule has 102 heavy (non-hydrogen) atoms. The highest BCUT2D eigenvalue weighted by Gasteiger charge is 2.53. The summed E-state index contributed by atoms with van der Waals surface area (Å²) in [6.07, 6.45) is 7.72. The number of fused-ring (bicyclic) bond motifs is 3. The minimum Gasteiger partial charge on any atom is -0.377 e. The number of hydrogen-bond donors (Lipinski definition) is 3. The molecule has 1 spiro atoms. The Morgan fingerprint density at radius 2 is 1.16 bits per heavy atom. The van der Waals surface area contributed by atoms with Crippen LogP contribution in [0.15, 0.2) is 0 Å². The first kappa shape index (κ1) is 81.1. The molecule has 3 N–H and O–H groups in total. The molecule has 574 valence electrons. The normalized spacial score (nSPS) is 30.9. The Balaban J connectivity index is 1.16. The molecule has 0 aromatic heterocycles. The lowest BCUT2D eigenvalue weighted by Gasteiger charge is -2.44. The summed E-state index contributed by atoms with van der Waals surface area (Å²) in [5.74, 6) is -10.0. The van der Waals surface area contributed by atoms with E-state index in [9.17, 15) is 41.9 Å². The molecule has 0 radical (unpaired) electrons. The highest BCUT2D eigenvalue weighted by Crippen LogP contribution is 2.42. The molecule has 8 aliphatic rings. The molecule has 8 fully saturated rings. The summed E-state index contributed by atoms with van der Waals surface area (Å²) in [5, 5.41) is 8.92. The number of carbonyl (C=O) groups excluding carboxylic acids is 12. The van der Waals surface area contributed by atoms with Gasteiger partial charge in [0.15, 0.2) is 0 Å². The lowest BCUT2D eigenvalue weighted by atomic mass is 9.79. The van der Waals surface area contributed by atoms with Gasteiger partial charge in [0, 0.05) is 55.9 Å². The van der Waals surface area contributed by atoms with Crippen molar-refractivity contribution < 1.29 is 75.4 Å². The fraction of sp³-hybridized carbons (Fsp3) is 0.838. The van der Waals surface area contributed by atoms with Gasteiger partial charge in [0.1, 0.15) is 47.8 Å². The first-order valence-corrected chi connectivity index (χ1v) is 38.2. The molecule has 0 aromatic carbocycles. The SMILES string of the molecule is CC[C@H](C)[C@@H]1NC(=O)[C@H](CC(C)C)N(C)C(=O)C[C@@H](C(=O)N2C3CCC2COC3)N(C)C(=O)[C@H](C2CCCCC2)N(C)C(=O)C2(CCCC2)NC(=O)[C@@H]2CCCN2C(=O)[C@H](CCC2CCC(C(F)(F)F)CC2)NC(=O)CN(C)C(=O)[C@H](CC2CCCCC2)N(C)C(=O)CN(C)C(=O)CN(C)C1=O. The van der Waals surface area contributed by atoms with Gasteiger partial charge in [-0.25, -0.2) is 0 Å². The van der Waals surface area contributed by atoms with Crippen molar-refractivity contribution in [2.45, 2.75) is 274 Å². The van der Waals surface area contributed by atoms with E-state index in [4.69, 9.17) is 4.74 Å². The molecule has 0 aromatic rings. The maximum Gasteiger partial charge on any atom is 0.391 e. The van der Waals surface area contributed by atoms with E-state index in [1.54, 1.807) is 18.9 Å². The molecule has 28 heteroatoms. The summed E-state index contributed by atoms with van der Waals surface area (Å²) in [4.78, 5) is 193. The average molecular weight is 1440 g/mol. The molecule has 25 nitrogen and oxygen atoms in total. The van der Waals surface area contributed by atoms with Crippen molar-refractivity contribution in [3.8, 4) is 0 Å². The fourth-order valence-electron chi connectivity index (χ4n) is 17.6. The highest BCUT2D eigenvalue weighted by molar-refractivity contribution is 6.01. The molecule has 4 saturated heterocycles. The summed E-state index contributed by atoms with van der Waals surface area (Å²) in [6.45, 7) is 6.39. The van der Waals surface area contributed by atoms with Crippen LogP contribution in [0.3, 0.4) is 0 Å². The number of nitrogens with zero attached hydrogens (tertiary/aromatic N) is 9. The van der Waals surface area contributed by atoms with Crippen molar-refractivity contribution in [1.29, 1.82) is 0 Å². The third-order valence-corrected chi connectivity index (χ3v) is 24.3. The van der Waals surface area contributed by atoms with Crippen LogP contribution in [0, 0.1) is 35.5 Å². The van der Waals surface area contributed by atoms with E-state index in [1.807, 2.05) is 20.8 Å². The predicted molar refractivity (Wildman–Crippen MR) is 374 cm³/mol. The minimum atomic E-state index is -4.35. The maximum absolute atomic E-state index is 16.0. The number of morpholine rings is 1. The van der Waals surface area contributed by atoms with Gasteiger partial charge in [0.05, 0.1) is 57.3 Å². The zero-order chi connectivity index (χ0) is 74.7. The van der Waals surface area contributed by atoms with Gasteiger partial charge >= 0.3 is 6.18 Å². The molecule has 2 unspecified atom stereocenters.